The Balaban J connectivity index is 1.84. The highest BCUT2D eigenvalue weighted by Crippen LogP contribution is 2.34. The van der Waals surface area contributed by atoms with E-state index in [4.69, 9.17) is 9.47 Å². The average molecular weight is 528 g/mol. The van der Waals surface area contributed by atoms with Crippen molar-refractivity contribution < 1.29 is 17.9 Å². The number of imidazole rings is 1. The Morgan fingerprint density at radius 1 is 1.21 bits per heavy atom. The summed E-state index contributed by atoms with van der Waals surface area (Å²) in [6.07, 6.45) is 2.96. The molecule has 29 heavy (non-hydrogen) atoms. The quantitative estimate of drug-likeness (QED) is 0.423. The third-order valence-electron chi connectivity index (χ3n) is 4.42. The van der Waals surface area contributed by atoms with Gasteiger partial charge in [-0.1, -0.05) is 30.3 Å². The number of nitrogens with zero attached hydrogens (tertiary/aromatic N) is 2. The van der Waals surface area contributed by atoms with Crippen LogP contribution in [0.15, 0.2) is 53.7 Å². The molecule has 156 valence electrons. The molecule has 3 rings (SSSR count). The van der Waals surface area contributed by atoms with Crippen molar-refractivity contribution in [2.45, 2.75) is 50.0 Å². The molecule has 0 unspecified atom stereocenters. The molecule has 0 aliphatic rings. The van der Waals surface area contributed by atoms with E-state index in [0.29, 0.717) is 24.6 Å². The second kappa shape index (κ2) is 8.61. The molecule has 3 aromatic rings. The van der Waals surface area contributed by atoms with E-state index in [0.717, 1.165) is 9.26 Å². The first-order chi connectivity index (χ1) is 13.6. The van der Waals surface area contributed by atoms with Crippen LogP contribution < -0.4 is 4.74 Å². The van der Waals surface area contributed by atoms with E-state index in [1.54, 1.807) is 43.6 Å². The van der Waals surface area contributed by atoms with E-state index in [9.17, 15) is 8.42 Å². The molecule has 0 saturated carbocycles. The number of halogens is 1. The van der Waals surface area contributed by atoms with E-state index in [2.05, 4.69) is 27.6 Å². The largest absolute Gasteiger partial charge is 0.487 e. The number of benzene rings is 1. The molecule has 0 bridgehead atoms. The topological polar surface area (TPSA) is 69.9 Å². The second-order valence-corrected chi connectivity index (χ2v) is 11.6. The van der Waals surface area contributed by atoms with Crippen molar-refractivity contribution in [3.05, 3.63) is 58.1 Å². The lowest BCUT2D eigenvalue weighted by Gasteiger charge is -2.23. The molecule has 0 saturated heterocycles. The lowest BCUT2D eigenvalue weighted by molar-refractivity contribution is 0.0480. The second-order valence-electron chi connectivity index (χ2n) is 7.86. The fraction of sp³-hybridized carbons (Fsp3) is 0.381. The van der Waals surface area contributed by atoms with Crippen LogP contribution >= 0.6 is 22.6 Å². The van der Waals surface area contributed by atoms with Crippen LogP contribution in [0.2, 0.25) is 0 Å². The van der Waals surface area contributed by atoms with Gasteiger partial charge in [0.25, 0.3) is 0 Å². The Bertz CT molecular complexity index is 1090. The predicted molar refractivity (Wildman–Crippen MR) is 121 cm³/mol. The normalized spacial score (nSPS) is 13.6. The molecule has 0 aliphatic carbocycles. The minimum atomic E-state index is -3.62. The highest BCUT2D eigenvalue weighted by atomic mass is 127. The van der Waals surface area contributed by atoms with Gasteiger partial charge in [-0.15, -0.1) is 0 Å². The Morgan fingerprint density at radius 3 is 2.55 bits per heavy atom. The van der Waals surface area contributed by atoms with E-state index in [1.807, 2.05) is 37.3 Å². The standard InChI is InChI=1S/C21H25IN2O4S/c1-15(13-27-14-16-8-6-5-7-9-16)28-17-10-20-23-11-19(22)24(20)12-18(17)29(25,26)21(2,3)4/h5-12,15H,13-14H2,1-4H3/t15-/m0/s1. The molecule has 0 radical (unpaired) electrons. The highest BCUT2D eigenvalue weighted by Gasteiger charge is 2.34. The van der Waals surface area contributed by atoms with E-state index in [1.165, 1.54) is 0 Å². The van der Waals surface area contributed by atoms with Crippen molar-refractivity contribution in [3.63, 3.8) is 0 Å². The van der Waals surface area contributed by atoms with Gasteiger partial charge >= 0.3 is 0 Å². The molecule has 0 N–H and O–H groups in total. The van der Waals surface area contributed by atoms with E-state index in [-0.39, 0.29) is 11.0 Å². The lowest BCUT2D eigenvalue weighted by Crippen LogP contribution is -2.29. The van der Waals surface area contributed by atoms with Crippen molar-refractivity contribution in [2.24, 2.45) is 0 Å². The SMILES string of the molecule is C[C@@H](COCc1ccccc1)Oc1cc2ncc(I)n2cc1S(=O)(=O)C(C)(C)C. The molecule has 6 nitrogen and oxygen atoms in total. The van der Waals surface area contributed by atoms with Gasteiger partial charge in [-0.3, -0.25) is 4.40 Å². The summed E-state index contributed by atoms with van der Waals surface area (Å²) < 4.78 is 39.8. The Kier molecular flexibility index (Phi) is 6.54. The first kappa shape index (κ1) is 22.0. The summed E-state index contributed by atoms with van der Waals surface area (Å²) >= 11 is 2.12. The molecular weight excluding hydrogens is 503 g/mol. The zero-order chi connectivity index (χ0) is 21.2. The van der Waals surface area contributed by atoms with Crippen molar-refractivity contribution in [3.8, 4) is 5.75 Å². The first-order valence-corrected chi connectivity index (χ1v) is 11.9. The minimum absolute atomic E-state index is 0.156. The number of hydrogen-bond donors (Lipinski definition) is 0. The summed E-state index contributed by atoms with van der Waals surface area (Å²) in [5.41, 5.74) is 1.71. The van der Waals surface area contributed by atoms with Gasteiger partial charge in [-0.25, -0.2) is 13.4 Å². The minimum Gasteiger partial charge on any atom is -0.487 e. The summed E-state index contributed by atoms with van der Waals surface area (Å²) in [5, 5.41) is 0. The summed E-state index contributed by atoms with van der Waals surface area (Å²) in [6, 6.07) is 11.5. The van der Waals surface area contributed by atoms with E-state index < -0.39 is 14.6 Å². The number of aromatic nitrogens is 2. The molecule has 1 atom stereocenters. The molecule has 0 spiro atoms. The van der Waals surface area contributed by atoms with Crippen LogP contribution in [0.3, 0.4) is 0 Å². The van der Waals surface area contributed by atoms with Crippen LogP contribution in [0.25, 0.3) is 5.65 Å². The highest BCUT2D eigenvalue weighted by molar-refractivity contribution is 14.1. The molecule has 8 heteroatoms. The third kappa shape index (κ3) is 4.92. The van der Waals surface area contributed by atoms with Gasteiger partial charge in [0, 0.05) is 12.3 Å². The maximum absolute atomic E-state index is 13.2. The van der Waals surface area contributed by atoms with Crippen LogP contribution in [0, 0.1) is 3.70 Å². The zero-order valence-electron chi connectivity index (χ0n) is 16.9. The number of pyridine rings is 1. The molecule has 1 aromatic carbocycles. The van der Waals surface area contributed by atoms with Crippen LogP contribution in [0.5, 0.6) is 5.75 Å². The van der Waals surface area contributed by atoms with Crippen LogP contribution in [0.1, 0.15) is 33.3 Å². The Labute approximate surface area is 185 Å². The maximum Gasteiger partial charge on any atom is 0.188 e. The monoisotopic (exact) mass is 528 g/mol. The van der Waals surface area contributed by atoms with Crippen molar-refractivity contribution >= 4 is 38.1 Å². The lowest BCUT2D eigenvalue weighted by atomic mass is 10.2. The summed E-state index contributed by atoms with van der Waals surface area (Å²) in [6.45, 7) is 7.71. The molecule has 0 fully saturated rings. The summed E-state index contributed by atoms with van der Waals surface area (Å²) in [7, 11) is -3.62. The van der Waals surface area contributed by atoms with Crippen LogP contribution in [-0.4, -0.2) is 35.3 Å². The van der Waals surface area contributed by atoms with Gasteiger partial charge in [0.1, 0.15) is 26.1 Å². The van der Waals surface area contributed by atoms with E-state index >= 15 is 0 Å². The van der Waals surface area contributed by atoms with Crippen LogP contribution in [0.4, 0.5) is 0 Å². The van der Waals surface area contributed by atoms with Gasteiger partial charge in [-0.2, -0.15) is 0 Å². The third-order valence-corrected chi connectivity index (χ3v) is 7.71. The fourth-order valence-electron chi connectivity index (χ4n) is 2.75. The smallest absolute Gasteiger partial charge is 0.188 e. The Hall–Kier alpha value is -1.65. The number of sulfone groups is 1. The average Bonchev–Trinajstić information content (AvgIpc) is 3.01. The van der Waals surface area contributed by atoms with Gasteiger partial charge in [0.2, 0.25) is 0 Å². The molecule has 0 amide bonds. The molecule has 2 aromatic heterocycles. The van der Waals surface area contributed by atoms with Gasteiger partial charge in [0.15, 0.2) is 9.84 Å². The first-order valence-electron chi connectivity index (χ1n) is 9.29. The Morgan fingerprint density at radius 2 is 1.90 bits per heavy atom. The van der Waals surface area contributed by atoms with Crippen molar-refractivity contribution in [2.75, 3.05) is 6.61 Å². The number of hydrogen-bond acceptors (Lipinski definition) is 5. The van der Waals surface area contributed by atoms with Crippen LogP contribution in [-0.2, 0) is 21.2 Å². The maximum atomic E-state index is 13.2. The molecule has 0 aliphatic heterocycles. The van der Waals surface area contributed by atoms with Gasteiger partial charge in [0.05, 0.1) is 24.2 Å². The summed E-state index contributed by atoms with van der Waals surface area (Å²) in [4.78, 5) is 4.48. The predicted octanol–water partition coefficient (Wildman–Crippen LogP) is 4.50. The van der Waals surface area contributed by atoms with Gasteiger partial charge < -0.3 is 9.47 Å². The van der Waals surface area contributed by atoms with Crippen molar-refractivity contribution in [1.29, 1.82) is 0 Å². The zero-order valence-corrected chi connectivity index (χ0v) is 19.9. The molecular formula is C21H25IN2O4S. The fourth-order valence-corrected chi connectivity index (χ4v) is 4.55. The number of ether oxygens (including phenoxy) is 2. The van der Waals surface area contributed by atoms with Gasteiger partial charge in [-0.05, 0) is 55.8 Å². The summed E-state index contributed by atoms with van der Waals surface area (Å²) in [5.74, 6) is 0.297. The number of rotatable bonds is 7. The van der Waals surface area contributed by atoms with Crippen molar-refractivity contribution in [1.82, 2.24) is 9.38 Å². The number of fused-ring (bicyclic) bond motifs is 1. The molecule has 2 heterocycles.